The lowest BCUT2D eigenvalue weighted by Crippen LogP contribution is -2.36. The minimum atomic E-state index is -0.103. The molecule has 130 valence electrons. The van der Waals surface area contributed by atoms with Crippen molar-refractivity contribution in [2.45, 2.75) is 40.7 Å². The van der Waals surface area contributed by atoms with E-state index in [0.717, 1.165) is 17.3 Å². The van der Waals surface area contributed by atoms with Gasteiger partial charge in [-0.05, 0) is 51.0 Å². The second-order valence-corrected chi connectivity index (χ2v) is 6.47. The third-order valence-electron chi connectivity index (χ3n) is 3.45. The van der Waals surface area contributed by atoms with E-state index in [9.17, 15) is 4.79 Å². The van der Waals surface area contributed by atoms with E-state index in [-0.39, 0.29) is 11.9 Å². The Balaban J connectivity index is 1.95. The van der Waals surface area contributed by atoms with Crippen molar-refractivity contribution in [2.24, 2.45) is 5.92 Å². The molecule has 1 aromatic heterocycles. The van der Waals surface area contributed by atoms with Gasteiger partial charge in [-0.25, -0.2) is 9.67 Å². The van der Waals surface area contributed by atoms with Gasteiger partial charge in [0, 0.05) is 18.2 Å². The second-order valence-electron chi connectivity index (χ2n) is 6.47. The molecule has 1 amide bonds. The predicted octanol–water partition coefficient (Wildman–Crippen LogP) is 2.68. The first-order valence-electron chi connectivity index (χ1n) is 8.26. The number of aryl methyl sites for hydroxylation is 2. The molecule has 1 heterocycles. The zero-order valence-corrected chi connectivity index (χ0v) is 15.0. The molecule has 0 fully saturated rings. The highest BCUT2D eigenvalue weighted by Crippen LogP contribution is 2.11. The number of aromatic nitrogens is 3. The summed E-state index contributed by atoms with van der Waals surface area (Å²) >= 11 is 0. The molecule has 0 aliphatic carbocycles. The fraction of sp³-hybridized carbons (Fsp3) is 0.500. The van der Waals surface area contributed by atoms with Gasteiger partial charge in [0.15, 0.2) is 0 Å². The van der Waals surface area contributed by atoms with E-state index in [4.69, 9.17) is 4.74 Å². The maximum Gasteiger partial charge on any atom is 0.251 e. The van der Waals surface area contributed by atoms with Crippen LogP contribution in [0.5, 0.6) is 0 Å². The Kier molecular flexibility index (Phi) is 6.09. The van der Waals surface area contributed by atoms with Crippen LogP contribution in [0.2, 0.25) is 0 Å². The number of nitrogens with one attached hydrogen (secondary N) is 1. The Hall–Kier alpha value is -2.21. The van der Waals surface area contributed by atoms with Crippen molar-refractivity contribution in [1.82, 2.24) is 20.1 Å². The van der Waals surface area contributed by atoms with Crippen molar-refractivity contribution < 1.29 is 9.53 Å². The lowest BCUT2D eigenvalue weighted by Gasteiger charge is -2.15. The van der Waals surface area contributed by atoms with Crippen LogP contribution in [0.15, 0.2) is 24.3 Å². The number of carbonyl (C=O) groups is 1. The van der Waals surface area contributed by atoms with Crippen LogP contribution in [0.3, 0.4) is 0 Å². The first-order valence-corrected chi connectivity index (χ1v) is 8.26. The van der Waals surface area contributed by atoms with Crippen LogP contribution in [-0.2, 0) is 4.74 Å². The minimum absolute atomic E-state index is 0.0314. The van der Waals surface area contributed by atoms with Crippen molar-refractivity contribution in [3.63, 3.8) is 0 Å². The third-order valence-corrected chi connectivity index (χ3v) is 3.45. The molecule has 0 aliphatic heterocycles. The predicted molar refractivity (Wildman–Crippen MR) is 93.4 cm³/mol. The van der Waals surface area contributed by atoms with Gasteiger partial charge in [0.25, 0.3) is 5.91 Å². The molecule has 0 spiro atoms. The van der Waals surface area contributed by atoms with Crippen molar-refractivity contribution in [1.29, 1.82) is 0 Å². The van der Waals surface area contributed by atoms with Gasteiger partial charge in [-0.1, -0.05) is 13.8 Å². The highest BCUT2D eigenvalue weighted by Gasteiger charge is 2.11. The average Bonchev–Trinajstić information content (AvgIpc) is 2.85. The molecule has 2 rings (SSSR count). The summed E-state index contributed by atoms with van der Waals surface area (Å²) in [6.07, 6.45) is 0. The summed E-state index contributed by atoms with van der Waals surface area (Å²) in [6.45, 7) is 11.1. The van der Waals surface area contributed by atoms with Gasteiger partial charge in [-0.15, -0.1) is 0 Å². The molecule has 0 aliphatic rings. The van der Waals surface area contributed by atoms with Crippen molar-refractivity contribution in [3.05, 3.63) is 41.5 Å². The summed E-state index contributed by atoms with van der Waals surface area (Å²) in [5, 5.41) is 7.29. The van der Waals surface area contributed by atoms with Crippen LogP contribution >= 0.6 is 0 Å². The van der Waals surface area contributed by atoms with Crippen LogP contribution in [0.1, 0.15) is 42.8 Å². The Morgan fingerprint density at radius 1 is 1.17 bits per heavy atom. The standard InChI is InChI=1S/C18H26N4O2/c1-12(2)10-24-11-13(3)19-18(23)16-6-8-17(9-7-16)22-15(5)20-14(4)21-22/h6-9,12-13H,10-11H2,1-5H3,(H,19,23). The SMILES string of the molecule is Cc1nc(C)n(-c2ccc(C(=O)NC(C)COCC(C)C)cc2)n1. The highest BCUT2D eigenvalue weighted by molar-refractivity contribution is 5.94. The number of nitrogens with zero attached hydrogens (tertiary/aromatic N) is 3. The van der Waals surface area contributed by atoms with Crippen LogP contribution < -0.4 is 5.32 Å². The molecule has 0 saturated heterocycles. The van der Waals surface area contributed by atoms with Crippen molar-refractivity contribution >= 4 is 5.91 Å². The molecule has 6 heteroatoms. The molecule has 1 N–H and O–H groups in total. The lowest BCUT2D eigenvalue weighted by atomic mass is 10.2. The summed E-state index contributed by atoms with van der Waals surface area (Å²) in [4.78, 5) is 16.6. The fourth-order valence-corrected chi connectivity index (χ4v) is 2.35. The minimum Gasteiger partial charge on any atom is -0.379 e. The monoisotopic (exact) mass is 330 g/mol. The Bertz CT molecular complexity index is 677. The highest BCUT2D eigenvalue weighted by atomic mass is 16.5. The smallest absolute Gasteiger partial charge is 0.251 e. The van der Waals surface area contributed by atoms with Crippen LogP contribution in [0, 0.1) is 19.8 Å². The number of hydrogen-bond donors (Lipinski definition) is 1. The van der Waals surface area contributed by atoms with Gasteiger partial charge in [-0.2, -0.15) is 5.10 Å². The lowest BCUT2D eigenvalue weighted by molar-refractivity contribution is 0.0792. The number of hydrogen-bond acceptors (Lipinski definition) is 4. The normalized spacial score (nSPS) is 12.4. The summed E-state index contributed by atoms with van der Waals surface area (Å²) in [5.74, 6) is 1.93. The molecule has 1 unspecified atom stereocenters. The van der Waals surface area contributed by atoms with Gasteiger partial charge in [0.1, 0.15) is 11.6 Å². The molecule has 6 nitrogen and oxygen atoms in total. The van der Waals surface area contributed by atoms with Crippen molar-refractivity contribution in [2.75, 3.05) is 13.2 Å². The quantitative estimate of drug-likeness (QED) is 0.847. The Morgan fingerprint density at radius 2 is 1.83 bits per heavy atom. The van der Waals surface area contributed by atoms with E-state index >= 15 is 0 Å². The van der Waals surface area contributed by atoms with E-state index in [0.29, 0.717) is 24.7 Å². The van der Waals surface area contributed by atoms with E-state index in [1.807, 2.05) is 32.9 Å². The number of benzene rings is 1. The van der Waals surface area contributed by atoms with E-state index < -0.39 is 0 Å². The first kappa shape index (κ1) is 18.1. The molecule has 2 aromatic rings. The van der Waals surface area contributed by atoms with Gasteiger partial charge in [0.05, 0.1) is 12.3 Å². The molecular formula is C18H26N4O2. The number of ether oxygens (including phenoxy) is 1. The summed E-state index contributed by atoms with van der Waals surface area (Å²) < 4.78 is 7.32. The van der Waals surface area contributed by atoms with Gasteiger partial charge in [0.2, 0.25) is 0 Å². The summed E-state index contributed by atoms with van der Waals surface area (Å²) in [5.41, 5.74) is 1.50. The van der Waals surface area contributed by atoms with E-state index in [2.05, 4.69) is 29.2 Å². The first-order chi connectivity index (χ1) is 11.4. The molecular weight excluding hydrogens is 304 g/mol. The zero-order chi connectivity index (χ0) is 17.7. The molecule has 0 radical (unpaired) electrons. The molecule has 0 saturated carbocycles. The van der Waals surface area contributed by atoms with Gasteiger partial charge in [-0.3, -0.25) is 4.79 Å². The number of rotatable bonds is 7. The van der Waals surface area contributed by atoms with E-state index in [1.54, 1.807) is 16.8 Å². The summed E-state index contributed by atoms with van der Waals surface area (Å²) in [7, 11) is 0. The topological polar surface area (TPSA) is 69.0 Å². The Morgan fingerprint density at radius 3 is 2.38 bits per heavy atom. The van der Waals surface area contributed by atoms with Crippen LogP contribution in [-0.4, -0.2) is 39.9 Å². The zero-order valence-electron chi connectivity index (χ0n) is 15.0. The van der Waals surface area contributed by atoms with Crippen LogP contribution in [0.4, 0.5) is 0 Å². The van der Waals surface area contributed by atoms with Gasteiger partial charge >= 0.3 is 0 Å². The molecule has 1 aromatic carbocycles. The number of amides is 1. The third kappa shape index (κ3) is 4.89. The maximum absolute atomic E-state index is 12.3. The molecule has 24 heavy (non-hydrogen) atoms. The molecule has 1 atom stereocenters. The van der Waals surface area contributed by atoms with E-state index in [1.165, 1.54) is 0 Å². The van der Waals surface area contributed by atoms with Crippen LogP contribution in [0.25, 0.3) is 5.69 Å². The molecule has 0 bridgehead atoms. The largest absolute Gasteiger partial charge is 0.379 e. The fourth-order valence-electron chi connectivity index (χ4n) is 2.35. The number of carbonyl (C=O) groups excluding carboxylic acids is 1. The Labute approximate surface area is 143 Å². The summed E-state index contributed by atoms with van der Waals surface area (Å²) in [6, 6.07) is 7.30. The average molecular weight is 330 g/mol. The van der Waals surface area contributed by atoms with Gasteiger partial charge < -0.3 is 10.1 Å². The maximum atomic E-state index is 12.3. The second kappa shape index (κ2) is 8.06. The van der Waals surface area contributed by atoms with Crippen molar-refractivity contribution in [3.8, 4) is 5.69 Å².